The van der Waals surface area contributed by atoms with E-state index in [9.17, 15) is 4.79 Å². The van der Waals surface area contributed by atoms with E-state index in [1.807, 2.05) is 13.8 Å². The van der Waals surface area contributed by atoms with Crippen molar-refractivity contribution in [3.63, 3.8) is 0 Å². The van der Waals surface area contributed by atoms with Gasteiger partial charge in [0.15, 0.2) is 0 Å². The lowest BCUT2D eigenvalue weighted by atomic mass is 10.4. The number of rotatable bonds is 4. The fourth-order valence-corrected chi connectivity index (χ4v) is 0.514. The third-order valence-corrected chi connectivity index (χ3v) is 0.989. The molecule has 0 aliphatic heterocycles. The second-order valence-corrected chi connectivity index (χ2v) is 1.84. The molecule has 0 aromatic heterocycles. The second kappa shape index (κ2) is 10.7. The van der Waals surface area contributed by atoms with E-state index >= 15 is 0 Å². The summed E-state index contributed by atoms with van der Waals surface area (Å²) in [5.74, 6) is -0.230. The van der Waals surface area contributed by atoms with Crippen LogP contribution in [0.4, 0.5) is 0 Å². The van der Waals surface area contributed by atoms with Crippen LogP contribution in [0.3, 0.4) is 0 Å². The lowest BCUT2D eigenvalue weighted by Crippen LogP contribution is -2.29. The Hall–Kier alpha value is -1.29. The minimum absolute atomic E-state index is 0.0190. The van der Waals surface area contributed by atoms with E-state index in [4.69, 9.17) is 5.73 Å². The zero-order valence-electron chi connectivity index (χ0n) is 8.55. The molecule has 4 N–H and O–H groups in total. The molecule has 0 fully saturated rings. The molecule has 0 aliphatic rings. The summed E-state index contributed by atoms with van der Waals surface area (Å²) < 4.78 is 0. The Balaban J connectivity index is 0. The van der Waals surface area contributed by atoms with E-state index in [-0.39, 0.29) is 12.5 Å². The van der Waals surface area contributed by atoms with Gasteiger partial charge in [0.05, 0.1) is 12.2 Å². The fraction of sp³-hybridized carbons (Fsp3) is 0.444. The average Bonchev–Trinajstić information content (AvgIpc) is 2.20. The highest BCUT2D eigenvalue weighted by Crippen LogP contribution is 1.85. The van der Waals surface area contributed by atoms with Gasteiger partial charge in [0, 0.05) is 13.2 Å². The summed E-state index contributed by atoms with van der Waals surface area (Å²) in [5.41, 5.74) is 5.69. The van der Waals surface area contributed by atoms with Crippen LogP contribution in [0.25, 0.3) is 0 Å². The zero-order valence-corrected chi connectivity index (χ0v) is 8.55. The van der Waals surface area contributed by atoms with Gasteiger partial charge in [0.1, 0.15) is 0 Å². The molecule has 0 unspecified atom stereocenters. The summed E-state index contributed by atoms with van der Waals surface area (Å²) in [7, 11) is 1.73. The first-order chi connectivity index (χ1) is 6.24. The van der Waals surface area contributed by atoms with E-state index in [2.05, 4.69) is 17.2 Å². The first kappa shape index (κ1) is 14.2. The van der Waals surface area contributed by atoms with E-state index in [1.54, 1.807) is 13.2 Å². The topological polar surface area (TPSA) is 67.1 Å². The van der Waals surface area contributed by atoms with Crippen molar-refractivity contribution in [2.45, 2.75) is 13.8 Å². The quantitative estimate of drug-likeness (QED) is 0.553. The smallest absolute Gasteiger partial charge is 0.238 e. The molecule has 0 saturated carbocycles. The Morgan fingerprint density at radius 2 is 2.08 bits per heavy atom. The normalized spacial score (nSPS) is 9.38. The van der Waals surface area contributed by atoms with Crippen molar-refractivity contribution in [3.05, 3.63) is 24.6 Å². The first-order valence-corrected chi connectivity index (χ1v) is 4.24. The molecule has 0 aliphatic carbocycles. The van der Waals surface area contributed by atoms with Gasteiger partial charge in [-0.05, 0) is 6.08 Å². The van der Waals surface area contributed by atoms with E-state index in [0.29, 0.717) is 5.70 Å². The van der Waals surface area contributed by atoms with Crippen LogP contribution in [-0.4, -0.2) is 19.5 Å². The predicted octanol–water partition coefficient (Wildman–Crippen LogP) is 0.334. The van der Waals surface area contributed by atoms with Crippen molar-refractivity contribution in [2.75, 3.05) is 13.6 Å². The van der Waals surface area contributed by atoms with Crippen molar-refractivity contribution in [3.8, 4) is 0 Å². The van der Waals surface area contributed by atoms with Gasteiger partial charge in [-0.3, -0.25) is 4.79 Å². The highest BCUT2D eigenvalue weighted by molar-refractivity contribution is 5.79. The molecule has 4 heteroatoms. The van der Waals surface area contributed by atoms with Crippen LogP contribution in [0, 0.1) is 0 Å². The molecule has 0 atom stereocenters. The number of carbonyl (C=O) groups excluding carboxylic acids is 1. The molecular weight excluding hydrogens is 166 g/mol. The molecule has 4 nitrogen and oxygen atoms in total. The maximum Gasteiger partial charge on any atom is 0.238 e. The molecule has 0 heterocycles. The minimum atomic E-state index is -0.230. The van der Waals surface area contributed by atoms with Gasteiger partial charge in [-0.25, -0.2) is 0 Å². The summed E-state index contributed by atoms with van der Waals surface area (Å²) in [5, 5.41) is 5.29. The van der Waals surface area contributed by atoms with E-state index < -0.39 is 0 Å². The molecular formula is C9H19N3O. The zero-order chi connectivity index (χ0) is 10.7. The van der Waals surface area contributed by atoms with Gasteiger partial charge in [-0.15, -0.1) is 0 Å². The fourth-order valence-electron chi connectivity index (χ4n) is 0.514. The molecule has 0 aromatic rings. The average molecular weight is 185 g/mol. The molecule has 0 spiro atoms. The van der Waals surface area contributed by atoms with Crippen LogP contribution >= 0.6 is 0 Å². The van der Waals surface area contributed by atoms with Crippen LogP contribution in [0.2, 0.25) is 0 Å². The maximum atomic E-state index is 10.7. The number of allylic oxidation sites excluding steroid dienone is 1. The van der Waals surface area contributed by atoms with E-state index in [0.717, 1.165) is 0 Å². The number of amides is 1. The number of carbonyl (C=O) groups is 1. The van der Waals surface area contributed by atoms with Crippen molar-refractivity contribution in [1.82, 2.24) is 10.6 Å². The highest BCUT2D eigenvalue weighted by Gasteiger charge is 1.96. The molecule has 0 aromatic carbocycles. The monoisotopic (exact) mass is 185 g/mol. The van der Waals surface area contributed by atoms with Crippen LogP contribution in [0.15, 0.2) is 24.6 Å². The molecule has 0 saturated heterocycles. The van der Waals surface area contributed by atoms with Crippen molar-refractivity contribution in [1.29, 1.82) is 0 Å². The molecule has 13 heavy (non-hydrogen) atoms. The van der Waals surface area contributed by atoms with Crippen LogP contribution in [-0.2, 0) is 4.79 Å². The summed E-state index contributed by atoms with van der Waals surface area (Å²) in [6, 6.07) is 0. The minimum Gasteiger partial charge on any atom is -0.392 e. The number of hydrogen-bond acceptors (Lipinski definition) is 3. The SMILES string of the molecule is C=C/C(=C\NC)NC(=O)CN.CC. The lowest BCUT2D eigenvalue weighted by molar-refractivity contribution is -0.118. The van der Waals surface area contributed by atoms with Gasteiger partial charge in [-0.1, -0.05) is 20.4 Å². The highest BCUT2D eigenvalue weighted by atomic mass is 16.1. The predicted molar refractivity (Wildman–Crippen MR) is 55.9 cm³/mol. The molecule has 76 valence electrons. The Morgan fingerprint density at radius 1 is 1.54 bits per heavy atom. The van der Waals surface area contributed by atoms with Gasteiger partial charge in [-0.2, -0.15) is 0 Å². The third-order valence-electron chi connectivity index (χ3n) is 0.989. The largest absolute Gasteiger partial charge is 0.392 e. The van der Waals surface area contributed by atoms with Crippen molar-refractivity contribution in [2.24, 2.45) is 5.73 Å². The second-order valence-electron chi connectivity index (χ2n) is 1.84. The third kappa shape index (κ3) is 8.62. The number of nitrogens with two attached hydrogens (primary N) is 1. The summed E-state index contributed by atoms with van der Waals surface area (Å²) >= 11 is 0. The van der Waals surface area contributed by atoms with Crippen LogP contribution in [0.1, 0.15) is 13.8 Å². The van der Waals surface area contributed by atoms with Gasteiger partial charge in [0.25, 0.3) is 0 Å². The molecule has 0 rings (SSSR count). The van der Waals surface area contributed by atoms with Crippen LogP contribution < -0.4 is 16.4 Å². The number of nitrogens with one attached hydrogen (secondary N) is 2. The molecule has 1 amide bonds. The van der Waals surface area contributed by atoms with Crippen molar-refractivity contribution >= 4 is 5.91 Å². The van der Waals surface area contributed by atoms with Crippen LogP contribution in [0.5, 0.6) is 0 Å². The Labute approximate surface area is 79.9 Å². The Morgan fingerprint density at radius 3 is 2.38 bits per heavy atom. The maximum absolute atomic E-state index is 10.7. The lowest BCUT2D eigenvalue weighted by Gasteiger charge is -2.02. The van der Waals surface area contributed by atoms with E-state index in [1.165, 1.54) is 6.08 Å². The summed E-state index contributed by atoms with van der Waals surface area (Å²) in [6.07, 6.45) is 3.16. The standard InChI is InChI=1S/C7H13N3O.C2H6/c1-3-6(5-9-2)10-7(11)4-8;1-2/h3,5,9H,1,4,8H2,2H3,(H,10,11);1-2H3/b6-5+;. The van der Waals surface area contributed by atoms with Gasteiger partial charge in [0.2, 0.25) is 5.91 Å². The summed E-state index contributed by atoms with van der Waals surface area (Å²) in [4.78, 5) is 10.7. The Kier molecular flexibility index (Phi) is 11.7. The molecule has 0 bridgehead atoms. The van der Waals surface area contributed by atoms with Crippen molar-refractivity contribution < 1.29 is 4.79 Å². The van der Waals surface area contributed by atoms with Gasteiger partial charge < -0.3 is 16.4 Å². The Bertz CT molecular complexity index is 176. The summed E-state index contributed by atoms with van der Waals surface area (Å²) in [6.45, 7) is 7.48. The number of hydrogen-bond donors (Lipinski definition) is 3. The first-order valence-electron chi connectivity index (χ1n) is 4.24. The van der Waals surface area contributed by atoms with Gasteiger partial charge >= 0.3 is 0 Å². The molecule has 0 radical (unpaired) electrons.